The Morgan fingerprint density at radius 1 is 1.69 bits per heavy atom. The SMILES string of the molecule is COc1ncc(F)cc1OC(N)=O. The first kappa shape index (κ1) is 9.24. The van der Waals surface area contributed by atoms with Gasteiger partial charge in [0, 0.05) is 6.07 Å². The molecule has 0 radical (unpaired) electrons. The summed E-state index contributed by atoms with van der Waals surface area (Å²) in [6, 6.07) is 0.955. The fraction of sp³-hybridized carbons (Fsp3) is 0.143. The molecule has 0 spiro atoms. The van der Waals surface area contributed by atoms with Crippen molar-refractivity contribution in [2.45, 2.75) is 0 Å². The number of carbonyl (C=O) groups excluding carboxylic acids is 1. The normalized spacial score (nSPS) is 9.38. The first-order valence-corrected chi connectivity index (χ1v) is 3.30. The number of pyridine rings is 1. The average Bonchev–Trinajstić information content (AvgIpc) is 2.03. The number of ether oxygens (including phenoxy) is 2. The average molecular weight is 186 g/mol. The van der Waals surface area contributed by atoms with Crippen LogP contribution in [0.5, 0.6) is 11.6 Å². The van der Waals surface area contributed by atoms with Crippen LogP contribution < -0.4 is 15.2 Å². The van der Waals surface area contributed by atoms with E-state index in [0.29, 0.717) is 0 Å². The van der Waals surface area contributed by atoms with Crippen molar-refractivity contribution in [1.82, 2.24) is 4.98 Å². The maximum absolute atomic E-state index is 12.6. The maximum Gasteiger partial charge on any atom is 0.410 e. The Morgan fingerprint density at radius 2 is 2.38 bits per heavy atom. The quantitative estimate of drug-likeness (QED) is 0.737. The third kappa shape index (κ3) is 2.29. The molecule has 0 aromatic carbocycles. The topological polar surface area (TPSA) is 74.4 Å². The number of nitrogens with two attached hydrogens (primary N) is 1. The van der Waals surface area contributed by atoms with Gasteiger partial charge in [-0.25, -0.2) is 14.2 Å². The number of methoxy groups -OCH3 is 1. The minimum atomic E-state index is -1.05. The zero-order valence-corrected chi connectivity index (χ0v) is 6.78. The van der Waals surface area contributed by atoms with Gasteiger partial charge in [0.05, 0.1) is 13.3 Å². The van der Waals surface area contributed by atoms with Gasteiger partial charge in [-0.15, -0.1) is 0 Å². The van der Waals surface area contributed by atoms with Gasteiger partial charge >= 0.3 is 6.09 Å². The minimum absolute atomic E-state index is 0.000185. The van der Waals surface area contributed by atoms with Crippen molar-refractivity contribution in [2.75, 3.05) is 7.11 Å². The number of nitrogens with zero attached hydrogens (tertiary/aromatic N) is 1. The van der Waals surface area contributed by atoms with Gasteiger partial charge < -0.3 is 15.2 Å². The third-order valence-electron chi connectivity index (χ3n) is 1.19. The van der Waals surface area contributed by atoms with Crippen molar-refractivity contribution >= 4 is 6.09 Å². The summed E-state index contributed by atoms with van der Waals surface area (Å²) in [5.74, 6) is -0.785. The van der Waals surface area contributed by atoms with Crippen LogP contribution in [-0.2, 0) is 0 Å². The van der Waals surface area contributed by atoms with Crippen molar-refractivity contribution in [2.24, 2.45) is 5.73 Å². The van der Waals surface area contributed by atoms with Crippen LogP contribution in [0.4, 0.5) is 9.18 Å². The Morgan fingerprint density at radius 3 is 2.92 bits per heavy atom. The predicted molar refractivity (Wildman–Crippen MR) is 41.0 cm³/mol. The summed E-state index contributed by atoms with van der Waals surface area (Å²) in [5, 5.41) is 0. The number of carbonyl (C=O) groups is 1. The molecule has 1 aromatic rings. The Bertz CT molecular complexity index is 330. The van der Waals surface area contributed by atoms with Gasteiger partial charge in [-0.2, -0.15) is 0 Å². The van der Waals surface area contributed by atoms with Crippen molar-refractivity contribution in [1.29, 1.82) is 0 Å². The standard InChI is InChI=1S/C7H7FN2O3/c1-12-6-5(13-7(9)11)2-4(8)3-10-6/h2-3H,1H3,(H2,9,11). The highest BCUT2D eigenvalue weighted by atomic mass is 19.1. The lowest BCUT2D eigenvalue weighted by Gasteiger charge is -2.05. The van der Waals surface area contributed by atoms with Crippen LogP contribution in [0.25, 0.3) is 0 Å². The lowest BCUT2D eigenvalue weighted by molar-refractivity contribution is 0.208. The second kappa shape index (κ2) is 3.70. The third-order valence-corrected chi connectivity index (χ3v) is 1.19. The van der Waals surface area contributed by atoms with Crippen LogP contribution in [0.15, 0.2) is 12.3 Å². The summed E-state index contributed by atoms with van der Waals surface area (Å²) in [6.45, 7) is 0. The fourth-order valence-electron chi connectivity index (χ4n) is 0.743. The highest BCUT2D eigenvalue weighted by Gasteiger charge is 2.09. The monoisotopic (exact) mass is 186 g/mol. The molecule has 1 rings (SSSR count). The van der Waals surface area contributed by atoms with E-state index in [4.69, 9.17) is 10.5 Å². The largest absolute Gasteiger partial charge is 0.478 e. The van der Waals surface area contributed by atoms with Crippen LogP contribution >= 0.6 is 0 Å². The zero-order chi connectivity index (χ0) is 9.84. The van der Waals surface area contributed by atoms with Crippen molar-refractivity contribution < 1.29 is 18.7 Å². The summed E-state index contributed by atoms with van der Waals surface area (Å²) in [6.07, 6.45) is -0.113. The highest BCUT2D eigenvalue weighted by molar-refractivity contribution is 5.68. The van der Waals surface area contributed by atoms with E-state index in [1.807, 2.05) is 0 Å². The second-order valence-electron chi connectivity index (χ2n) is 2.08. The Balaban J connectivity index is 3.01. The van der Waals surface area contributed by atoms with Crippen LogP contribution in [-0.4, -0.2) is 18.2 Å². The van der Waals surface area contributed by atoms with E-state index in [9.17, 15) is 9.18 Å². The van der Waals surface area contributed by atoms with Crippen LogP contribution in [0.3, 0.4) is 0 Å². The fourth-order valence-corrected chi connectivity index (χ4v) is 0.743. The number of primary amides is 1. The molecule has 0 aliphatic carbocycles. The summed E-state index contributed by atoms with van der Waals surface area (Å²) in [4.78, 5) is 13.9. The summed E-state index contributed by atoms with van der Waals surface area (Å²) < 4.78 is 21.7. The molecule has 0 saturated carbocycles. The van der Waals surface area contributed by atoms with E-state index in [0.717, 1.165) is 12.3 Å². The molecule has 0 saturated heterocycles. The maximum atomic E-state index is 12.6. The van der Waals surface area contributed by atoms with Gasteiger partial charge in [-0.1, -0.05) is 0 Å². The number of hydrogen-bond acceptors (Lipinski definition) is 4. The molecule has 0 fully saturated rings. The van der Waals surface area contributed by atoms with Crippen LogP contribution in [0.2, 0.25) is 0 Å². The minimum Gasteiger partial charge on any atom is -0.478 e. The summed E-state index contributed by atoms with van der Waals surface area (Å²) in [5.41, 5.74) is 4.73. The Kier molecular flexibility index (Phi) is 2.63. The number of rotatable bonds is 2. The molecule has 5 nitrogen and oxygen atoms in total. The van der Waals surface area contributed by atoms with Gasteiger partial charge in [0.2, 0.25) is 0 Å². The number of halogens is 1. The molecule has 1 amide bonds. The molecule has 1 aromatic heterocycles. The number of amides is 1. The van der Waals surface area contributed by atoms with Gasteiger partial charge in [0.1, 0.15) is 5.82 Å². The predicted octanol–water partition coefficient (Wildman–Crippen LogP) is 0.687. The molecule has 6 heteroatoms. The summed E-state index contributed by atoms with van der Waals surface area (Å²) >= 11 is 0. The Hall–Kier alpha value is -1.85. The van der Waals surface area contributed by atoms with E-state index >= 15 is 0 Å². The molecule has 0 aliphatic heterocycles. The van der Waals surface area contributed by atoms with Gasteiger partial charge in [-0.3, -0.25) is 0 Å². The van der Waals surface area contributed by atoms with E-state index in [1.54, 1.807) is 0 Å². The molecule has 70 valence electrons. The lowest BCUT2D eigenvalue weighted by Crippen LogP contribution is -2.17. The van der Waals surface area contributed by atoms with Crippen LogP contribution in [0, 0.1) is 5.82 Å². The first-order valence-electron chi connectivity index (χ1n) is 3.30. The van der Waals surface area contributed by atoms with Crippen molar-refractivity contribution in [3.63, 3.8) is 0 Å². The highest BCUT2D eigenvalue weighted by Crippen LogP contribution is 2.24. The molecule has 0 bridgehead atoms. The first-order chi connectivity index (χ1) is 6.13. The molecule has 13 heavy (non-hydrogen) atoms. The van der Waals surface area contributed by atoms with Gasteiger partial charge in [0.15, 0.2) is 5.75 Å². The van der Waals surface area contributed by atoms with Crippen molar-refractivity contribution in [3.8, 4) is 11.6 Å². The molecule has 1 heterocycles. The summed E-state index contributed by atoms with van der Waals surface area (Å²) in [7, 11) is 1.31. The van der Waals surface area contributed by atoms with Crippen LogP contribution in [0.1, 0.15) is 0 Å². The lowest BCUT2D eigenvalue weighted by atomic mass is 10.4. The smallest absolute Gasteiger partial charge is 0.410 e. The van der Waals surface area contributed by atoms with E-state index in [2.05, 4.69) is 9.72 Å². The molecule has 0 unspecified atom stereocenters. The number of aromatic nitrogens is 1. The van der Waals surface area contributed by atoms with E-state index in [-0.39, 0.29) is 11.6 Å². The van der Waals surface area contributed by atoms with E-state index in [1.165, 1.54) is 7.11 Å². The van der Waals surface area contributed by atoms with Crippen molar-refractivity contribution in [3.05, 3.63) is 18.1 Å². The van der Waals surface area contributed by atoms with E-state index < -0.39 is 11.9 Å². The zero-order valence-electron chi connectivity index (χ0n) is 6.78. The molecular formula is C7H7FN2O3. The molecular weight excluding hydrogens is 179 g/mol. The molecule has 0 aliphatic rings. The van der Waals surface area contributed by atoms with Gasteiger partial charge in [0.25, 0.3) is 5.88 Å². The molecule has 0 atom stereocenters. The second-order valence-corrected chi connectivity index (χ2v) is 2.08. The van der Waals surface area contributed by atoms with Gasteiger partial charge in [-0.05, 0) is 0 Å². The Labute approximate surface area is 73.3 Å². The molecule has 2 N–H and O–H groups in total. The number of hydrogen-bond donors (Lipinski definition) is 1.